The molecule has 0 radical (unpaired) electrons. The lowest BCUT2D eigenvalue weighted by molar-refractivity contribution is -0.386. The molecule has 1 rings (SSSR count). The summed E-state index contributed by atoms with van der Waals surface area (Å²) in [5, 5.41) is 0. The van der Waals surface area contributed by atoms with Crippen LogP contribution in [-0.4, -0.2) is 59.4 Å². The van der Waals surface area contributed by atoms with Crippen LogP contribution in [0.5, 0.6) is 0 Å². The minimum atomic E-state index is -8.86. The Morgan fingerprint density at radius 2 is 0.852 bits per heavy atom. The summed E-state index contributed by atoms with van der Waals surface area (Å²) in [6.45, 7) is 0. The van der Waals surface area contributed by atoms with Crippen molar-refractivity contribution in [3.8, 4) is 0 Å². The van der Waals surface area contributed by atoms with Gasteiger partial charge in [-0.2, -0.15) is 65.9 Å². The highest BCUT2D eigenvalue weighted by Gasteiger charge is 3.09. The summed E-state index contributed by atoms with van der Waals surface area (Å²) >= 11 is 0. The highest BCUT2D eigenvalue weighted by Crippen LogP contribution is 2.75. The van der Waals surface area contributed by atoms with E-state index in [1.807, 2.05) is 0 Å². The molecule has 0 aliphatic heterocycles. The third-order valence-electron chi connectivity index (χ3n) is 3.63. The minimum Gasteiger partial charge on any atom is -0.747 e. The average molecular weight is 461 g/mol. The molecule has 1 saturated carbocycles. The van der Waals surface area contributed by atoms with Crippen LogP contribution in [0.4, 0.5) is 65.9 Å². The van der Waals surface area contributed by atoms with E-state index in [2.05, 4.69) is 0 Å². The van der Waals surface area contributed by atoms with E-state index in [-0.39, 0.29) is 0 Å². The summed E-state index contributed by atoms with van der Waals surface area (Å²) in [6, 6.07) is 0. The monoisotopic (exact) mass is 461 g/mol. The number of hydrogen-bond acceptors (Lipinski definition) is 3. The number of halogens is 15. The summed E-state index contributed by atoms with van der Waals surface area (Å²) in [5.74, 6) is -49.6. The molecule has 162 valence electrons. The van der Waals surface area contributed by atoms with Crippen molar-refractivity contribution in [1.82, 2.24) is 0 Å². The van der Waals surface area contributed by atoms with Crippen LogP contribution in [0.1, 0.15) is 0 Å². The molecule has 1 fully saturated rings. The van der Waals surface area contributed by atoms with Gasteiger partial charge in [-0.25, -0.2) is 8.42 Å². The first-order valence-corrected chi connectivity index (χ1v) is 6.95. The lowest BCUT2D eigenvalue weighted by Crippen LogP contribution is -2.78. The number of hydrogen-bond donors (Lipinski definition) is 0. The van der Waals surface area contributed by atoms with Gasteiger partial charge in [0, 0.05) is 0 Å². The van der Waals surface area contributed by atoms with Crippen LogP contribution in [0.25, 0.3) is 0 Å². The molecule has 0 heterocycles. The van der Waals surface area contributed by atoms with Gasteiger partial charge in [-0.3, -0.25) is 0 Å². The highest BCUT2D eigenvalue weighted by molar-refractivity contribution is 7.87. The lowest BCUT2D eigenvalue weighted by Gasteiger charge is -2.46. The van der Waals surface area contributed by atoms with Crippen LogP contribution < -0.4 is 0 Å². The molecule has 19 heteroatoms. The zero-order valence-electron chi connectivity index (χ0n) is 11.3. The smallest absolute Gasteiger partial charge is 0.459 e. The summed E-state index contributed by atoms with van der Waals surface area (Å²) < 4.78 is 218. The van der Waals surface area contributed by atoms with E-state index < -0.39 is 56.6 Å². The van der Waals surface area contributed by atoms with Crippen molar-refractivity contribution in [3.63, 3.8) is 0 Å². The van der Waals surface area contributed by atoms with E-state index in [9.17, 15) is 78.8 Å². The van der Waals surface area contributed by atoms with Crippen LogP contribution in [0.2, 0.25) is 0 Å². The Labute approximate surface area is 136 Å². The van der Waals surface area contributed by atoms with Gasteiger partial charge in [0.05, 0.1) is 0 Å². The standard InChI is InChI=1S/C8HF15O3S/c9-2(10)1(27(24,25)26,3(11,12)6(17,18)5(2,15)16)4(13,14)7(19,20)8(21,22)23/h(H,24,25,26)/p-1. The fourth-order valence-corrected chi connectivity index (χ4v) is 3.62. The zero-order chi connectivity index (χ0) is 22.5. The SMILES string of the molecule is O=S(=O)([O-])C1(C(F)(F)C(F)(F)C(F)(F)F)C(F)(F)C(F)(F)C(F)(F)C1(F)F. The molecule has 0 atom stereocenters. The fourth-order valence-electron chi connectivity index (χ4n) is 2.30. The summed E-state index contributed by atoms with van der Waals surface area (Å²) in [6.07, 6.45) is -7.92. The zero-order valence-corrected chi connectivity index (χ0v) is 12.1. The van der Waals surface area contributed by atoms with Gasteiger partial charge in [0.25, 0.3) is 4.75 Å². The molecule has 0 aromatic heterocycles. The van der Waals surface area contributed by atoms with Gasteiger partial charge in [-0.1, -0.05) is 0 Å². The van der Waals surface area contributed by atoms with Crippen LogP contribution in [0.3, 0.4) is 0 Å². The molecule has 3 nitrogen and oxygen atoms in total. The van der Waals surface area contributed by atoms with Crippen molar-refractivity contribution in [3.05, 3.63) is 0 Å². The Bertz CT molecular complexity index is 707. The van der Waals surface area contributed by atoms with E-state index >= 15 is 0 Å². The number of alkyl halides is 15. The maximum atomic E-state index is 13.6. The molecule has 0 amide bonds. The van der Waals surface area contributed by atoms with Crippen LogP contribution in [0.15, 0.2) is 0 Å². The highest BCUT2D eigenvalue weighted by atomic mass is 32.2. The molecule has 0 aromatic rings. The number of rotatable bonds is 3. The van der Waals surface area contributed by atoms with E-state index in [4.69, 9.17) is 0 Å². The van der Waals surface area contributed by atoms with Crippen molar-refractivity contribution in [1.29, 1.82) is 0 Å². The van der Waals surface area contributed by atoms with Crippen molar-refractivity contribution in [2.75, 3.05) is 0 Å². The Balaban J connectivity index is 4.34. The van der Waals surface area contributed by atoms with Gasteiger partial charge in [0.1, 0.15) is 10.1 Å². The van der Waals surface area contributed by atoms with E-state index in [0.717, 1.165) is 0 Å². The Morgan fingerprint density at radius 3 is 1.04 bits per heavy atom. The Kier molecular flexibility index (Phi) is 4.48. The largest absolute Gasteiger partial charge is 0.747 e. The molecule has 27 heavy (non-hydrogen) atoms. The van der Waals surface area contributed by atoms with Crippen LogP contribution >= 0.6 is 0 Å². The second-order valence-corrected chi connectivity index (χ2v) is 6.60. The van der Waals surface area contributed by atoms with Gasteiger partial charge in [0.15, 0.2) is 0 Å². The van der Waals surface area contributed by atoms with Gasteiger partial charge in [-0.05, 0) is 0 Å². The molecular weight excluding hydrogens is 461 g/mol. The van der Waals surface area contributed by atoms with Crippen molar-refractivity contribution in [2.24, 2.45) is 0 Å². The average Bonchev–Trinajstić information content (AvgIpc) is 2.39. The molecular formula is C8F15O3S-. The predicted molar refractivity (Wildman–Crippen MR) is 48.2 cm³/mol. The second kappa shape index (κ2) is 5.07. The van der Waals surface area contributed by atoms with Gasteiger partial charge < -0.3 is 4.55 Å². The maximum absolute atomic E-state index is 13.6. The van der Waals surface area contributed by atoms with E-state index in [1.54, 1.807) is 0 Å². The third-order valence-corrected chi connectivity index (χ3v) is 5.15. The quantitative estimate of drug-likeness (QED) is 0.477. The van der Waals surface area contributed by atoms with Crippen LogP contribution in [0, 0.1) is 0 Å². The first kappa shape index (κ1) is 23.9. The fraction of sp³-hybridized carbons (Fsp3) is 1.00. The van der Waals surface area contributed by atoms with Gasteiger partial charge in [0.2, 0.25) is 0 Å². The van der Waals surface area contributed by atoms with E-state index in [0.29, 0.717) is 0 Å². The van der Waals surface area contributed by atoms with Gasteiger partial charge in [-0.15, -0.1) is 0 Å². The normalized spacial score (nSPS) is 26.8. The van der Waals surface area contributed by atoms with Crippen molar-refractivity contribution in [2.45, 2.75) is 46.5 Å². The molecule has 0 unspecified atom stereocenters. The molecule has 1 aliphatic rings. The lowest BCUT2D eigenvalue weighted by atomic mass is 9.87. The molecule has 0 N–H and O–H groups in total. The second-order valence-electron chi connectivity index (χ2n) is 5.08. The molecule has 0 aromatic carbocycles. The third kappa shape index (κ3) is 2.04. The maximum Gasteiger partial charge on any atom is 0.459 e. The first-order valence-electron chi connectivity index (χ1n) is 5.54. The van der Waals surface area contributed by atoms with Gasteiger partial charge >= 0.3 is 41.7 Å². The van der Waals surface area contributed by atoms with E-state index in [1.165, 1.54) is 0 Å². The minimum absolute atomic E-state index is 7.92. The molecule has 0 spiro atoms. The summed E-state index contributed by atoms with van der Waals surface area (Å²) in [7, 11) is -8.86. The Hall–Kier alpha value is -1.14. The van der Waals surface area contributed by atoms with Crippen molar-refractivity contribution < 1.29 is 78.8 Å². The Morgan fingerprint density at radius 1 is 0.593 bits per heavy atom. The predicted octanol–water partition coefficient (Wildman–Crippen LogP) is 3.66. The molecule has 0 bridgehead atoms. The topological polar surface area (TPSA) is 57.2 Å². The van der Waals surface area contributed by atoms with Crippen LogP contribution in [-0.2, 0) is 10.1 Å². The molecule has 1 aliphatic carbocycles. The van der Waals surface area contributed by atoms with Crippen molar-refractivity contribution >= 4 is 10.1 Å². The first-order chi connectivity index (χ1) is 11.2. The summed E-state index contributed by atoms with van der Waals surface area (Å²) in [5.41, 5.74) is 0. The molecule has 0 saturated heterocycles. The summed E-state index contributed by atoms with van der Waals surface area (Å²) in [4.78, 5) is 0.